The molecule has 4 heteroatoms. The van der Waals surface area contributed by atoms with Crippen molar-refractivity contribution in [3.05, 3.63) is 108 Å². The minimum Gasteiger partial charge on any atom is -0.334 e. The van der Waals surface area contributed by atoms with E-state index in [9.17, 15) is 4.79 Å². The molecule has 1 amide bonds. The zero-order valence-corrected chi connectivity index (χ0v) is 17.0. The monoisotopic (exact) mass is 398 g/mol. The lowest BCUT2D eigenvalue weighted by Crippen LogP contribution is -2.33. The Morgan fingerprint density at radius 1 is 0.862 bits per heavy atom. The molecule has 29 heavy (non-hydrogen) atoms. The van der Waals surface area contributed by atoms with Gasteiger partial charge in [0.05, 0.1) is 17.3 Å². The van der Waals surface area contributed by atoms with Gasteiger partial charge in [0.2, 0.25) is 5.91 Å². The predicted molar refractivity (Wildman–Crippen MR) is 120 cm³/mol. The lowest BCUT2D eigenvalue weighted by atomic mass is 9.97. The van der Waals surface area contributed by atoms with Crippen LogP contribution in [0.5, 0.6) is 0 Å². The van der Waals surface area contributed by atoms with Gasteiger partial charge in [-0.3, -0.25) is 9.78 Å². The van der Waals surface area contributed by atoms with Crippen molar-refractivity contribution in [3.63, 3.8) is 0 Å². The van der Waals surface area contributed by atoms with Crippen LogP contribution in [0, 0.1) is 0 Å². The van der Waals surface area contributed by atoms with Gasteiger partial charge in [0.15, 0.2) is 0 Å². The Labute approximate surface area is 175 Å². The number of fused-ring (bicyclic) bond motifs is 1. The number of nitrogens with zero attached hydrogens (tertiary/aromatic N) is 2. The molecule has 0 saturated heterocycles. The van der Waals surface area contributed by atoms with E-state index in [1.807, 2.05) is 72.6 Å². The van der Waals surface area contributed by atoms with E-state index in [4.69, 9.17) is 0 Å². The second kappa shape index (κ2) is 8.93. The van der Waals surface area contributed by atoms with E-state index in [2.05, 4.69) is 35.3 Å². The van der Waals surface area contributed by atoms with Gasteiger partial charge in [-0.05, 0) is 23.3 Å². The summed E-state index contributed by atoms with van der Waals surface area (Å²) in [5.41, 5.74) is 3.16. The molecule has 4 aromatic rings. The van der Waals surface area contributed by atoms with E-state index in [1.54, 1.807) is 18.0 Å². The number of pyridine rings is 1. The summed E-state index contributed by atoms with van der Waals surface area (Å²) in [7, 11) is 1.89. The third-order valence-corrected chi connectivity index (χ3v) is 6.03. The lowest BCUT2D eigenvalue weighted by Gasteiger charge is -2.29. The summed E-state index contributed by atoms with van der Waals surface area (Å²) in [6.45, 7) is 0. The van der Waals surface area contributed by atoms with Crippen molar-refractivity contribution < 1.29 is 4.79 Å². The molecule has 144 valence electrons. The van der Waals surface area contributed by atoms with Crippen LogP contribution in [-0.2, 0) is 4.79 Å². The van der Waals surface area contributed by atoms with E-state index >= 15 is 0 Å². The highest BCUT2D eigenvalue weighted by Crippen LogP contribution is 2.30. The first-order valence-corrected chi connectivity index (χ1v) is 10.5. The van der Waals surface area contributed by atoms with E-state index in [0.717, 1.165) is 26.9 Å². The summed E-state index contributed by atoms with van der Waals surface area (Å²) < 4.78 is 0. The summed E-state index contributed by atoms with van der Waals surface area (Å²) in [6, 6.07) is 30.2. The Bertz CT molecular complexity index is 1050. The molecule has 0 bridgehead atoms. The van der Waals surface area contributed by atoms with Crippen molar-refractivity contribution in [2.24, 2.45) is 0 Å². The van der Waals surface area contributed by atoms with Gasteiger partial charge in [0, 0.05) is 23.5 Å². The molecule has 1 heterocycles. The molecule has 0 aliphatic heterocycles. The molecule has 3 nitrogen and oxygen atoms in total. The Kier molecular flexibility index (Phi) is 5.92. The maximum absolute atomic E-state index is 13.1. The lowest BCUT2D eigenvalue weighted by molar-refractivity contribution is -0.128. The first kappa shape index (κ1) is 19.2. The summed E-state index contributed by atoms with van der Waals surface area (Å²) in [4.78, 5) is 20.5. The van der Waals surface area contributed by atoms with Crippen LogP contribution in [0.1, 0.15) is 17.2 Å². The van der Waals surface area contributed by atoms with Gasteiger partial charge in [0.25, 0.3) is 0 Å². The Morgan fingerprint density at radius 3 is 2.10 bits per heavy atom. The van der Waals surface area contributed by atoms with Gasteiger partial charge in [-0.2, -0.15) is 0 Å². The van der Waals surface area contributed by atoms with Crippen LogP contribution in [0.3, 0.4) is 0 Å². The maximum Gasteiger partial charge on any atom is 0.233 e. The number of benzene rings is 3. The quantitative estimate of drug-likeness (QED) is 0.398. The zero-order valence-electron chi connectivity index (χ0n) is 16.2. The number of thioether (sulfide) groups is 1. The largest absolute Gasteiger partial charge is 0.334 e. The average Bonchev–Trinajstić information content (AvgIpc) is 2.79. The average molecular weight is 399 g/mol. The molecule has 0 spiro atoms. The fraction of sp³-hybridized carbons (Fsp3) is 0.120. The number of rotatable bonds is 6. The number of aromatic nitrogens is 1. The molecule has 0 radical (unpaired) electrons. The van der Waals surface area contributed by atoms with E-state index in [1.165, 1.54) is 0 Å². The van der Waals surface area contributed by atoms with Crippen molar-refractivity contribution in [2.45, 2.75) is 10.9 Å². The number of hydrogen-bond acceptors (Lipinski definition) is 3. The molecular formula is C25H22N2OS. The fourth-order valence-corrected chi connectivity index (χ4v) is 4.46. The first-order valence-electron chi connectivity index (χ1n) is 9.56. The van der Waals surface area contributed by atoms with Gasteiger partial charge >= 0.3 is 0 Å². The van der Waals surface area contributed by atoms with E-state index < -0.39 is 0 Å². The van der Waals surface area contributed by atoms with Crippen LogP contribution in [0.25, 0.3) is 10.9 Å². The highest BCUT2D eigenvalue weighted by atomic mass is 32.2. The number of hydrogen-bond donors (Lipinski definition) is 0. The van der Waals surface area contributed by atoms with Crippen LogP contribution in [0.2, 0.25) is 0 Å². The molecule has 3 aromatic carbocycles. The Balaban J connectivity index is 1.56. The van der Waals surface area contributed by atoms with Crippen LogP contribution in [-0.4, -0.2) is 28.6 Å². The topological polar surface area (TPSA) is 33.2 Å². The number of amides is 1. The van der Waals surface area contributed by atoms with Gasteiger partial charge in [-0.1, -0.05) is 78.9 Å². The summed E-state index contributed by atoms with van der Waals surface area (Å²) in [5, 5.41) is 1.08. The molecule has 0 aliphatic rings. The van der Waals surface area contributed by atoms with Gasteiger partial charge in [-0.25, -0.2) is 0 Å². The molecule has 0 unspecified atom stereocenters. The predicted octanol–water partition coefficient (Wildman–Crippen LogP) is 5.57. The summed E-state index contributed by atoms with van der Waals surface area (Å²) >= 11 is 1.56. The summed E-state index contributed by atoms with van der Waals surface area (Å²) in [5.74, 6) is 0.467. The second-order valence-electron chi connectivity index (χ2n) is 6.84. The molecule has 0 atom stereocenters. The van der Waals surface area contributed by atoms with Crippen molar-refractivity contribution in [2.75, 3.05) is 12.8 Å². The van der Waals surface area contributed by atoms with Crippen molar-refractivity contribution >= 4 is 28.6 Å². The second-order valence-corrected chi connectivity index (χ2v) is 7.86. The molecule has 1 aromatic heterocycles. The standard InChI is InChI=1S/C25H22N2OS/c1-27(25(19-10-4-2-5-11-19)20-12-6-3-7-13-20)24(28)18-29-23-16-17-26-22-15-9-8-14-21(22)23/h2-17,25H,18H2,1H3. The zero-order chi connectivity index (χ0) is 20.1. The molecule has 0 saturated carbocycles. The van der Waals surface area contributed by atoms with Crippen LogP contribution >= 0.6 is 11.8 Å². The minimum atomic E-state index is -0.111. The molecule has 4 rings (SSSR count). The maximum atomic E-state index is 13.1. The first-order chi connectivity index (χ1) is 14.2. The normalized spacial score (nSPS) is 11.0. The van der Waals surface area contributed by atoms with Gasteiger partial charge < -0.3 is 4.90 Å². The summed E-state index contributed by atoms with van der Waals surface area (Å²) in [6.07, 6.45) is 1.80. The van der Waals surface area contributed by atoms with Gasteiger partial charge in [-0.15, -0.1) is 11.8 Å². The fourth-order valence-electron chi connectivity index (χ4n) is 3.49. The number of carbonyl (C=O) groups excluding carboxylic acids is 1. The highest BCUT2D eigenvalue weighted by molar-refractivity contribution is 8.00. The Morgan fingerprint density at radius 2 is 1.45 bits per heavy atom. The third kappa shape index (κ3) is 4.33. The SMILES string of the molecule is CN(C(=O)CSc1ccnc2ccccc12)C(c1ccccc1)c1ccccc1. The van der Waals surface area contributed by atoms with Crippen LogP contribution in [0.15, 0.2) is 102 Å². The van der Waals surface area contributed by atoms with Crippen LogP contribution < -0.4 is 0 Å². The minimum absolute atomic E-state index is 0.0913. The van der Waals surface area contributed by atoms with Crippen molar-refractivity contribution in [1.82, 2.24) is 9.88 Å². The van der Waals surface area contributed by atoms with Crippen molar-refractivity contribution in [3.8, 4) is 0 Å². The molecular weight excluding hydrogens is 376 g/mol. The van der Waals surface area contributed by atoms with Crippen LogP contribution in [0.4, 0.5) is 0 Å². The molecule has 0 N–H and O–H groups in total. The number of carbonyl (C=O) groups is 1. The van der Waals surface area contributed by atoms with Gasteiger partial charge in [0.1, 0.15) is 0 Å². The Hall–Kier alpha value is -3.11. The highest BCUT2D eigenvalue weighted by Gasteiger charge is 2.23. The van der Waals surface area contributed by atoms with E-state index in [0.29, 0.717) is 5.75 Å². The molecule has 0 aliphatic carbocycles. The number of para-hydroxylation sites is 1. The molecule has 0 fully saturated rings. The van der Waals surface area contributed by atoms with E-state index in [-0.39, 0.29) is 11.9 Å². The smallest absolute Gasteiger partial charge is 0.233 e. The third-order valence-electron chi connectivity index (χ3n) is 4.97. The van der Waals surface area contributed by atoms with Crippen molar-refractivity contribution in [1.29, 1.82) is 0 Å².